The molecule has 0 bridgehead atoms. The van der Waals surface area contributed by atoms with Crippen molar-refractivity contribution in [1.29, 1.82) is 0 Å². The third-order valence-electron chi connectivity index (χ3n) is 4.49. The Bertz CT molecular complexity index is 1250. The normalized spacial score (nSPS) is 10.5. The Morgan fingerprint density at radius 1 is 0.710 bits per heavy atom. The number of anilines is 1. The van der Waals surface area contributed by atoms with Crippen LogP contribution in [0.15, 0.2) is 84.9 Å². The second-order valence-electron chi connectivity index (χ2n) is 6.64. The van der Waals surface area contributed by atoms with E-state index in [0.29, 0.717) is 17.2 Å². The Kier molecular flexibility index (Phi) is 5.57. The minimum Gasteiger partial charge on any atom is -0.457 e. The molecule has 3 amide bonds. The number of ether oxygens (including phenoxy) is 1. The van der Waals surface area contributed by atoms with Crippen LogP contribution in [0.2, 0.25) is 0 Å². The summed E-state index contributed by atoms with van der Waals surface area (Å²) < 4.78 is 33.1. The maximum atomic E-state index is 13.6. The van der Waals surface area contributed by atoms with Gasteiger partial charge in [-0.15, -0.1) is 0 Å². The second-order valence-corrected chi connectivity index (χ2v) is 6.64. The molecule has 0 heterocycles. The van der Waals surface area contributed by atoms with Crippen LogP contribution < -0.4 is 15.4 Å². The summed E-state index contributed by atoms with van der Waals surface area (Å²) in [5.74, 6) is -2.08. The van der Waals surface area contributed by atoms with Crippen molar-refractivity contribution in [3.63, 3.8) is 0 Å². The van der Waals surface area contributed by atoms with Crippen molar-refractivity contribution in [3.8, 4) is 11.5 Å². The van der Waals surface area contributed by atoms with Crippen LogP contribution in [0.3, 0.4) is 0 Å². The number of amides is 3. The Morgan fingerprint density at radius 2 is 1.35 bits per heavy atom. The van der Waals surface area contributed by atoms with Crippen molar-refractivity contribution in [3.05, 3.63) is 102 Å². The fourth-order valence-corrected chi connectivity index (χ4v) is 3.02. The van der Waals surface area contributed by atoms with Crippen LogP contribution in [0.25, 0.3) is 10.8 Å². The summed E-state index contributed by atoms with van der Waals surface area (Å²) in [4.78, 5) is 24.0. The molecule has 31 heavy (non-hydrogen) atoms. The van der Waals surface area contributed by atoms with Crippen LogP contribution in [0.4, 0.5) is 19.3 Å². The average molecular weight is 418 g/mol. The number of nitrogens with one attached hydrogen (secondary N) is 2. The lowest BCUT2D eigenvalue weighted by Gasteiger charge is -2.10. The van der Waals surface area contributed by atoms with Gasteiger partial charge in [0, 0.05) is 5.69 Å². The van der Waals surface area contributed by atoms with Gasteiger partial charge in [0.2, 0.25) is 0 Å². The predicted octanol–water partition coefficient (Wildman–Crippen LogP) is 5.87. The summed E-state index contributed by atoms with van der Waals surface area (Å²) in [6, 6.07) is 22.2. The largest absolute Gasteiger partial charge is 0.457 e. The van der Waals surface area contributed by atoms with Gasteiger partial charge < -0.3 is 10.1 Å². The molecule has 0 unspecified atom stereocenters. The molecular weight excluding hydrogens is 402 g/mol. The molecule has 2 N–H and O–H groups in total. The number of carbonyl (C=O) groups excluding carboxylic acids is 2. The monoisotopic (exact) mass is 418 g/mol. The minimum atomic E-state index is -1.18. The lowest BCUT2D eigenvalue weighted by atomic mass is 10.1. The summed E-state index contributed by atoms with van der Waals surface area (Å²) in [5.41, 5.74) is -0.457. The van der Waals surface area contributed by atoms with Crippen molar-refractivity contribution in [2.45, 2.75) is 0 Å². The number of halogens is 2. The fraction of sp³-hybridized carbons (Fsp3) is 0. The number of benzene rings is 4. The highest BCUT2D eigenvalue weighted by atomic mass is 19.1. The molecule has 0 aliphatic carbocycles. The maximum absolute atomic E-state index is 13.6. The zero-order valence-electron chi connectivity index (χ0n) is 16.1. The molecule has 0 atom stereocenters. The average Bonchev–Trinajstić information content (AvgIpc) is 2.75. The third-order valence-corrected chi connectivity index (χ3v) is 4.49. The molecule has 0 spiro atoms. The Labute approximate surface area is 176 Å². The molecule has 154 valence electrons. The quantitative estimate of drug-likeness (QED) is 0.435. The van der Waals surface area contributed by atoms with E-state index in [2.05, 4.69) is 5.32 Å². The van der Waals surface area contributed by atoms with Crippen LogP contribution in [0, 0.1) is 11.6 Å². The Balaban J connectivity index is 1.38. The molecule has 4 aromatic rings. The first-order valence-corrected chi connectivity index (χ1v) is 9.33. The fourth-order valence-electron chi connectivity index (χ4n) is 3.02. The van der Waals surface area contributed by atoms with Gasteiger partial charge in [0.1, 0.15) is 28.7 Å². The number of hydrogen-bond acceptors (Lipinski definition) is 3. The van der Waals surface area contributed by atoms with Crippen molar-refractivity contribution < 1.29 is 23.1 Å². The lowest BCUT2D eigenvalue weighted by molar-refractivity contribution is 0.0959. The summed E-state index contributed by atoms with van der Waals surface area (Å²) in [6.45, 7) is 0. The van der Waals surface area contributed by atoms with Crippen molar-refractivity contribution in [1.82, 2.24) is 5.32 Å². The summed E-state index contributed by atoms with van der Waals surface area (Å²) in [6.07, 6.45) is 0. The van der Waals surface area contributed by atoms with Crippen molar-refractivity contribution in [2.75, 3.05) is 5.32 Å². The Morgan fingerprint density at radius 3 is 2.06 bits per heavy atom. The van der Waals surface area contributed by atoms with Crippen LogP contribution in [0.5, 0.6) is 11.5 Å². The molecule has 0 aliphatic heterocycles. The highest BCUT2D eigenvalue weighted by molar-refractivity contribution is 6.08. The molecule has 4 aromatic carbocycles. The molecular formula is C24H16F2N2O3. The first-order chi connectivity index (χ1) is 15.0. The van der Waals surface area contributed by atoms with Crippen LogP contribution in [0.1, 0.15) is 10.4 Å². The molecule has 7 heteroatoms. The van der Waals surface area contributed by atoms with Gasteiger partial charge in [0.05, 0.1) is 0 Å². The van der Waals surface area contributed by atoms with Gasteiger partial charge in [0.25, 0.3) is 5.91 Å². The number of carbonyl (C=O) groups is 2. The van der Waals surface area contributed by atoms with Gasteiger partial charge in [-0.1, -0.05) is 36.4 Å². The van der Waals surface area contributed by atoms with Crippen LogP contribution in [-0.4, -0.2) is 11.9 Å². The minimum absolute atomic E-state index is 0.366. The molecule has 0 aromatic heterocycles. The highest BCUT2D eigenvalue weighted by Gasteiger charge is 2.19. The van der Waals surface area contributed by atoms with E-state index in [4.69, 9.17) is 4.74 Å². The summed E-state index contributed by atoms with van der Waals surface area (Å²) >= 11 is 0. The first kappa shape index (κ1) is 20.0. The first-order valence-electron chi connectivity index (χ1n) is 9.33. The van der Waals surface area contributed by atoms with Crippen LogP contribution in [-0.2, 0) is 0 Å². The van der Waals surface area contributed by atoms with Gasteiger partial charge in [-0.05, 0) is 59.3 Å². The molecule has 0 aliphatic rings. The molecule has 0 saturated carbocycles. The van der Waals surface area contributed by atoms with E-state index >= 15 is 0 Å². The van der Waals surface area contributed by atoms with Gasteiger partial charge in [-0.3, -0.25) is 10.1 Å². The number of fused-ring (bicyclic) bond motifs is 1. The predicted molar refractivity (Wildman–Crippen MR) is 113 cm³/mol. The van der Waals surface area contributed by atoms with E-state index in [1.807, 2.05) is 47.8 Å². The molecule has 4 rings (SSSR count). The Hall–Kier alpha value is -4.26. The molecule has 0 fully saturated rings. The lowest BCUT2D eigenvalue weighted by Crippen LogP contribution is -2.35. The standard InChI is InChI=1S/C24H16F2N2O3/c25-20-6-3-7-21(26)22(20)23(29)28-24(30)27-17-9-12-18(13-10-17)31-19-11-8-15-4-1-2-5-16(15)14-19/h1-14H,(H2,27,28,29,30). The van der Waals surface area contributed by atoms with E-state index in [9.17, 15) is 18.4 Å². The van der Waals surface area contributed by atoms with Gasteiger partial charge >= 0.3 is 6.03 Å². The molecule has 5 nitrogen and oxygen atoms in total. The summed E-state index contributed by atoms with van der Waals surface area (Å²) in [5, 5.41) is 6.47. The van der Waals surface area contributed by atoms with E-state index in [0.717, 1.165) is 29.0 Å². The zero-order chi connectivity index (χ0) is 21.8. The number of urea groups is 1. The van der Waals surface area contributed by atoms with E-state index in [1.54, 1.807) is 24.3 Å². The van der Waals surface area contributed by atoms with Gasteiger partial charge in [0.15, 0.2) is 0 Å². The third kappa shape index (κ3) is 4.67. The SMILES string of the molecule is O=C(NC(=O)c1c(F)cccc1F)Nc1ccc(Oc2ccc3ccccc3c2)cc1. The topological polar surface area (TPSA) is 67.4 Å². The zero-order valence-corrected chi connectivity index (χ0v) is 16.1. The van der Waals surface area contributed by atoms with Crippen molar-refractivity contribution in [2.24, 2.45) is 0 Å². The van der Waals surface area contributed by atoms with E-state index < -0.39 is 29.1 Å². The molecule has 0 saturated heterocycles. The number of rotatable bonds is 4. The van der Waals surface area contributed by atoms with Gasteiger partial charge in [-0.2, -0.15) is 0 Å². The van der Waals surface area contributed by atoms with Crippen molar-refractivity contribution >= 4 is 28.4 Å². The van der Waals surface area contributed by atoms with E-state index in [1.165, 1.54) is 0 Å². The highest BCUT2D eigenvalue weighted by Crippen LogP contribution is 2.26. The number of hydrogen-bond donors (Lipinski definition) is 2. The smallest absolute Gasteiger partial charge is 0.326 e. The number of imide groups is 1. The van der Waals surface area contributed by atoms with Gasteiger partial charge in [-0.25, -0.2) is 13.6 Å². The second kappa shape index (κ2) is 8.62. The van der Waals surface area contributed by atoms with Crippen LogP contribution >= 0.6 is 0 Å². The summed E-state index contributed by atoms with van der Waals surface area (Å²) in [7, 11) is 0. The van der Waals surface area contributed by atoms with E-state index in [-0.39, 0.29) is 0 Å². The maximum Gasteiger partial charge on any atom is 0.326 e. The molecule has 0 radical (unpaired) electrons.